The predicted octanol–water partition coefficient (Wildman–Crippen LogP) is 1.61. The van der Waals surface area contributed by atoms with Crippen LogP contribution in [0.25, 0.3) is 0 Å². The number of carbonyl (C=O) groups is 1. The number of terminal acetylenes is 1. The number of rotatable bonds is 5. The molecule has 0 aliphatic rings. The lowest BCUT2D eigenvalue weighted by Crippen LogP contribution is -2.09. The fraction of sp³-hybridized carbons (Fsp3) is 0.273. The number of nitrogens with one attached hydrogen (secondary N) is 1. The van der Waals surface area contributed by atoms with Gasteiger partial charge in [0.2, 0.25) is 0 Å². The molecule has 0 radical (unpaired) electrons. The highest BCUT2D eigenvalue weighted by Crippen LogP contribution is 2.11. The van der Waals surface area contributed by atoms with E-state index < -0.39 is 5.97 Å². The van der Waals surface area contributed by atoms with Crippen molar-refractivity contribution in [1.82, 2.24) is 4.98 Å². The molecule has 0 aromatic carbocycles. The van der Waals surface area contributed by atoms with Gasteiger partial charge < -0.3 is 10.4 Å². The highest BCUT2D eigenvalue weighted by Gasteiger charge is 2.09. The Bertz CT molecular complexity index is 382. The maximum atomic E-state index is 10.8. The molecule has 2 N–H and O–H groups in total. The summed E-state index contributed by atoms with van der Waals surface area (Å²) in [5.74, 6) is 1.49. The molecule has 0 bridgehead atoms. The maximum Gasteiger partial charge on any atom is 0.356 e. The highest BCUT2D eigenvalue weighted by atomic mass is 16.4. The van der Waals surface area contributed by atoms with Crippen LogP contribution < -0.4 is 5.32 Å². The van der Waals surface area contributed by atoms with Crippen molar-refractivity contribution in [2.45, 2.75) is 12.8 Å². The minimum atomic E-state index is -1.03. The Hall–Kier alpha value is -2.02. The summed E-state index contributed by atoms with van der Waals surface area (Å²) < 4.78 is 0. The average molecular weight is 204 g/mol. The van der Waals surface area contributed by atoms with E-state index in [1.165, 1.54) is 6.20 Å². The molecule has 1 aromatic rings. The predicted molar refractivity (Wildman–Crippen MR) is 57.8 cm³/mol. The Morgan fingerprint density at radius 3 is 3.13 bits per heavy atom. The number of pyridine rings is 1. The van der Waals surface area contributed by atoms with E-state index in [1.807, 2.05) is 0 Å². The largest absolute Gasteiger partial charge is 0.476 e. The van der Waals surface area contributed by atoms with Crippen LogP contribution in [0, 0.1) is 12.3 Å². The van der Waals surface area contributed by atoms with E-state index in [1.54, 1.807) is 12.1 Å². The summed E-state index contributed by atoms with van der Waals surface area (Å²) in [6, 6.07) is 3.38. The summed E-state index contributed by atoms with van der Waals surface area (Å²) >= 11 is 0. The molecule has 0 aliphatic heterocycles. The second-order valence-electron chi connectivity index (χ2n) is 2.94. The molecule has 15 heavy (non-hydrogen) atoms. The number of aromatic carboxylic acids is 1. The summed E-state index contributed by atoms with van der Waals surface area (Å²) in [5, 5.41) is 11.8. The number of aromatic nitrogens is 1. The zero-order valence-electron chi connectivity index (χ0n) is 8.23. The van der Waals surface area contributed by atoms with Gasteiger partial charge in [-0.2, -0.15) is 0 Å². The fourth-order valence-electron chi connectivity index (χ4n) is 1.13. The lowest BCUT2D eigenvalue weighted by Gasteiger charge is -2.06. The first-order valence-corrected chi connectivity index (χ1v) is 4.61. The topological polar surface area (TPSA) is 62.2 Å². The third-order valence-corrected chi connectivity index (χ3v) is 1.82. The van der Waals surface area contributed by atoms with Crippen LogP contribution >= 0.6 is 0 Å². The van der Waals surface area contributed by atoms with Crippen LogP contribution in [0.2, 0.25) is 0 Å². The molecule has 0 fully saturated rings. The van der Waals surface area contributed by atoms with Crippen molar-refractivity contribution in [3.05, 3.63) is 24.0 Å². The van der Waals surface area contributed by atoms with Crippen molar-refractivity contribution < 1.29 is 9.90 Å². The van der Waals surface area contributed by atoms with Gasteiger partial charge in [-0.1, -0.05) is 0 Å². The number of carboxylic acid groups (broad SMARTS) is 1. The number of hydrogen-bond donors (Lipinski definition) is 2. The molecule has 4 nitrogen and oxygen atoms in total. The van der Waals surface area contributed by atoms with Crippen LogP contribution in [-0.2, 0) is 0 Å². The average Bonchev–Trinajstić information content (AvgIpc) is 2.25. The Morgan fingerprint density at radius 1 is 1.67 bits per heavy atom. The molecule has 0 saturated heterocycles. The number of anilines is 1. The van der Waals surface area contributed by atoms with E-state index in [0.29, 0.717) is 18.7 Å². The van der Waals surface area contributed by atoms with E-state index in [0.717, 1.165) is 6.42 Å². The first-order valence-electron chi connectivity index (χ1n) is 4.61. The maximum absolute atomic E-state index is 10.8. The van der Waals surface area contributed by atoms with Gasteiger partial charge >= 0.3 is 5.97 Å². The lowest BCUT2D eigenvalue weighted by atomic mass is 10.2. The van der Waals surface area contributed by atoms with Crippen LogP contribution in [0.3, 0.4) is 0 Å². The third kappa shape index (κ3) is 3.31. The van der Waals surface area contributed by atoms with Gasteiger partial charge in [-0.05, 0) is 18.6 Å². The van der Waals surface area contributed by atoms with Crippen LogP contribution in [0.15, 0.2) is 18.3 Å². The van der Waals surface area contributed by atoms with E-state index >= 15 is 0 Å². The van der Waals surface area contributed by atoms with Crippen LogP contribution in [0.4, 0.5) is 5.69 Å². The highest BCUT2D eigenvalue weighted by molar-refractivity contribution is 5.91. The van der Waals surface area contributed by atoms with E-state index in [2.05, 4.69) is 16.2 Å². The molecular weight excluding hydrogens is 192 g/mol. The van der Waals surface area contributed by atoms with Gasteiger partial charge in [-0.15, -0.1) is 12.3 Å². The number of nitrogens with zero attached hydrogens (tertiary/aromatic N) is 1. The van der Waals surface area contributed by atoms with Crippen molar-refractivity contribution >= 4 is 11.7 Å². The summed E-state index contributed by atoms with van der Waals surface area (Å²) in [4.78, 5) is 14.6. The second-order valence-corrected chi connectivity index (χ2v) is 2.94. The van der Waals surface area contributed by atoms with Gasteiger partial charge in [0.05, 0.1) is 5.69 Å². The fourth-order valence-corrected chi connectivity index (χ4v) is 1.13. The second kappa shape index (κ2) is 5.66. The molecule has 0 saturated carbocycles. The SMILES string of the molecule is C#CCCCNc1cccnc1C(=O)O. The molecule has 0 aliphatic carbocycles. The standard InChI is InChI=1S/C11H12N2O2/c1-2-3-4-7-12-9-6-5-8-13-10(9)11(14)15/h1,5-6,8,12H,3-4,7H2,(H,14,15). The molecule has 0 atom stereocenters. The molecule has 0 spiro atoms. The summed E-state index contributed by atoms with van der Waals surface area (Å²) in [7, 11) is 0. The van der Waals surface area contributed by atoms with Crippen molar-refractivity contribution in [3.8, 4) is 12.3 Å². The normalized spacial score (nSPS) is 9.27. The van der Waals surface area contributed by atoms with E-state index in [-0.39, 0.29) is 5.69 Å². The lowest BCUT2D eigenvalue weighted by molar-refractivity contribution is 0.0691. The molecule has 1 aromatic heterocycles. The smallest absolute Gasteiger partial charge is 0.356 e. The molecule has 78 valence electrons. The minimum Gasteiger partial charge on any atom is -0.476 e. The quantitative estimate of drug-likeness (QED) is 0.565. The first-order chi connectivity index (χ1) is 7.25. The zero-order valence-corrected chi connectivity index (χ0v) is 8.23. The number of carboxylic acids is 1. The Labute approximate surface area is 88.3 Å². The molecule has 0 unspecified atom stereocenters. The Balaban J connectivity index is 2.60. The first kappa shape index (κ1) is 11.1. The van der Waals surface area contributed by atoms with Crippen LogP contribution in [0.5, 0.6) is 0 Å². The van der Waals surface area contributed by atoms with Gasteiger partial charge in [0.25, 0.3) is 0 Å². The number of hydrogen-bond acceptors (Lipinski definition) is 3. The van der Waals surface area contributed by atoms with Crippen molar-refractivity contribution in [2.75, 3.05) is 11.9 Å². The summed E-state index contributed by atoms with van der Waals surface area (Å²) in [5.41, 5.74) is 0.570. The minimum absolute atomic E-state index is 0.0400. The van der Waals surface area contributed by atoms with Gasteiger partial charge in [-0.3, -0.25) is 0 Å². The zero-order chi connectivity index (χ0) is 11.1. The van der Waals surface area contributed by atoms with Crippen molar-refractivity contribution in [1.29, 1.82) is 0 Å². The van der Waals surface area contributed by atoms with Crippen molar-refractivity contribution in [3.63, 3.8) is 0 Å². The molecule has 1 heterocycles. The van der Waals surface area contributed by atoms with Gasteiger partial charge in [0, 0.05) is 19.2 Å². The molecule has 0 amide bonds. The molecular formula is C11H12N2O2. The molecule has 4 heteroatoms. The van der Waals surface area contributed by atoms with Gasteiger partial charge in [0.1, 0.15) is 0 Å². The Morgan fingerprint density at radius 2 is 2.47 bits per heavy atom. The van der Waals surface area contributed by atoms with Gasteiger partial charge in [-0.25, -0.2) is 9.78 Å². The summed E-state index contributed by atoms with van der Waals surface area (Å²) in [6.07, 6.45) is 8.04. The van der Waals surface area contributed by atoms with Gasteiger partial charge in [0.15, 0.2) is 5.69 Å². The molecule has 1 rings (SSSR count). The third-order valence-electron chi connectivity index (χ3n) is 1.82. The Kier molecular flexibility index (Phi) is 4.17. The van der Waals surface area contributed by atoms with Crippen LogP contribution in [0.1, 0.15) is 23.3 Å². The van der Waals surface area contributed by atoms with Crippen LogP contribution in [-0.4, -0.2) is 22.6 Å². The van der Waals surface area contributed by atoms with E-state index in [4.69, 9.17) is 11.5 Å². The summed E-state index contributed by atoms with van der Waals surface area (Å²) in [6.45, 7) is 0.649. The number of unbranched alkanes of at least 4 members (excludes halogenated alkanes) is 1. The monoisotopic (exact) mass is 204 g/mol. The van der Waals surface area contributed by atoms with E-state index in [9.17, 15) is 4.79 Å². The van der Waals surface area contributed by atoms with Crippen molar-refractivity contribution in [2.24, 2.45) is 0 Å².